The molecule has 0 bridgehead atoms. The predicted molar refractivity (Wildman–Crippen MR) is 89.2 cm³/mol. The molecule has 4 rings (SSSR count). The molecule has 3 unspecified atom stereocenters. The normalized spacial score (nSPS) is 28.8. The summed E-state index contributed by atoms with van der Waals surface area (Å²) in [5.41, 5.74) is 0. The number of carbonyl (C=O) groups is 1. The van der Waals surface area contributed by atoms with Crippen LogP contribution in [0.15, 0.2) is 30.3 Å². The highest BCUT2D eigenvalue weighted by Crippen LogP contribution is 2.41. The molecule has 2 heterocycles. The maximum absolute atomic E-state index is 11.7. The van der Waals surface area contributed by atoms with E-state index in [2.05, 4.69) is 35.2 Å². The van der Waals surface area contributed by atoms with Gasteiger partial charge in [0.25, 0.3) is 0 Å². The maximum Gasteiger partial charge on any atom is 0.320 e. The second kappa shape index (κ2) is 5.67. The Morgan fingerprint density at radius 2 is 2.09 bits per heavy atom. The lowest BCUT2D eigenvalue weighted by Gasteiger charge is -2.32. The van der Waals surface area contributed by atoms with Crippen LogP contribution in [-0.4, -0.2) is 28.1 Å². The average molecular weight is 315 g/mol. The van der Waals surface area contributed by atoms with Crippen molar-refractivity contribution in [3.63, 3.8) is 0 Å². The molecular weight excluding hydrogens is 294 g/mol. The number of rotatable bonds is 3. The van der Waals surface area contributed by atoms with Crippen LogP contribution in [0.25, 0.3) is 10.1 Å². The number of fused-ring (bicyclic) bond motifs is 2. The van der Waals surface area contributed by atoms with Crippen LogP contribution in [0, 0.1) is 5.92 Å². The van der Waals surface area contributed by atoms with Crippen LogP contribution in [-0.2, 0) is 11.3 Å². The molecule has 1 N–H and O–H groups in total. The number of aliphatic carboxylic acids is 1. The van der Waals surface area contributed by atoms with Gasteiger partial charge in [-0.2, -0.15) is 0 Å². The molecule has 1 aromatic heterocycles. The van der Waals surface area contributed by atoms with E-state index in [0.717, 1.165) is 13.0 Å². The molecule has 0 radical (unpaired) electrons. The Morgan fingerprint density at radius 3 is 2.91 bits per heavy atom. The highest BCUT2D eigenvalue weighted by atomic mass is 32.1. The van der Waals surface area contributed by atoms with Gasteiger partial charge < -0.3 is 5.11 Å². The third-order valence-corrected chi connectivity index (χ3v) is 6.42. The summed E-state index contributed by atoms with van der Waals surface area (Å²) >= 11 is 1.80. The van der Waals surface area contributed by atoms with E-state index >= 15 is 0 Å². The van der Waals surface area contributed by atoms with Crippen molar-refractivity contribution < 1.29 is 9.90 Å². The van der Waals surface area contributed by atoms with Crippen LogP contribution in [0.1, 0.15) is 37.0 Å². The zero-order chi connectivity index (χ0) is 15.1. The van der Waals surface area contributed by atoms with Gasteiger partial charge in [-0.25, -0.2) is 0 Å². The summed E-state index contributed by atoms with van der Waals surface area (Å²) in [4.78, 5) is 15.2. The van der Waals surface area contributed by atoms with Gasteiger partial charge in [0, 0.05) is 22.2 Å². The first kappa shape index (κ1) is 14.2. The zero-order valence-electron chi connectivity index (χ0n) is 12.6. The molecule has 3 nitrogen and oxygen atoms in total. The second-order valence-electron chi connectivity index (χ2n) is 6.62. The van der Waals surface area contributed by atoms with E-state index in [0.29, 0.717) is 12.0 Å². The molecule has 1 aromatic carbocycles. The van der Waals surface area contributed by atoms with Crippen molar-refractivity contribution in [1.29, 1.82) is 0 Å². The molecule has 2 fully saturated rings. The number of carboxylic acids is 1. The van der Waals surface area contributed by atoms with E-state index in [1.54, 1.807) is 11.3 Å². The summed E-state index contributed by atoms with van der Waals surface area (Å²) < 4.78 is 1.30. The van der Waals surface area contributed by atoms with E-state index < -0.39 is 5.97 Å². The van der Waals surface area contributed by atoms with Gasteiger partial charge in [-0.15, -0.1) is 11.3 Å². The Balaban J connectivity index is 1.62. The minimum absolute atomic E-state index is 0.293. The quantitative estimate of drug-likeness (QED) is 0.926. The average Bonchev–Trinajstić information content (AvgIpc) is 3.09. The molecule has 4 heteroatoms. The van der Waals surface area contributed by atoms with E-state index in [1.807, 2.05) is 0 Å². The van der Waals surface area contributed by atoms with Crippen molar-refractivity contribution in [2.24, 2.45) is 5.92 Å². The number of hydrogen-bond donors (Lipinski definition) is 1. The van der Waals surface area contributed by atoms with Gasteiger partial charge in [-0.05, 0) is 42.7 Å². The summed E-state index contributed by atoms with van der Waals surface area (Å²) in [6, 6.07) is 10.8. The topological polar surface area (TPSA) is 40.5 Å². The number of hydrogen-bond acceptors (Lipinski definition) is 3. The molecule has 22 heavy (non-hydrogen) atoms. The van der Waals surface area contributed by atoms with E-state index in [9.17, 15) is 9.90 Å². The Kier molecular flexibility index (Phi) is 3.66. The summed E-state index contributed by atoms with van der Waals surface area (Å²) in [5.74, 6) is -0.0558. The lowest BCUT2D eigenvalue weighted by Crippen LogP contribution is -2.41. The SMILES string of the molecule is O=C(O)C1CC2CCCCC2N1Cc1cc2ccccc2s1. The molecule has 116 valence electrons. The Labute approximate surface area is 134 Å². The van der Waals surface area contributed by atoms with Crippen molar-refractivity contribution >= 4 is 27.4 Å². The van der Waals surface area contributed by atoms with Crippen molar-refractivity contribution in [3.8, 4) is 0 Å². The van der Waals surface area contributed by atoms with Crippen molar-refractivity contribution in [3.05, 3.63) is 35.2 Å². The van der Waals surface area contributed by atoms with E-state index in [4.69, 9.17) is 0 Å². The van der Waals surface area contributed by atoms with Gasteiger partial charge >= 0.3 is 5.97 Å². The lowest BCUT2D eigenvalue weighted by atomic mass is 9.85. The third-order valence-electron chi connectivity index (χ3n) is 5.32. The molecule has 1 aliphatic carbocycles. The van der Waals surface area contributed by atoms with Gasteiger partial charge in [0.2, 0.25) is 0 Å². The Morgan fingerprint density at radius 1 is 1.27 bits per heavy atom. The Hall–Kier alpha value is -1.39. The molecule has 2 aliphatic rings. The van der Waals surface area contributed by atoms with Gasteiger partial charge in [0.05, 0.1) is 0 Å². The maximum atomic E-state index is 11.7. The molecule has 0 amide bonds. The number of likely N-dealkylation sites (tertiary alicyclic amines) is 1. The number of thiophene rings is 1. The van der Waals surface area contributed by atoms with E-state index in [-0.39, 0.29) is 6.04 Å². The highest BCUT2D eigenvalue weighted by molar-refractivity contribution is 7.19. The van der Waals surface area contributed by atoms with Crippen LogP contribution in [0.2, 0.25) is 0 Å². The molecule has 1 aliphatic heterocycles. The first-order chi connectivity index (χ1) is 10.7. The second-order valence-corrected chi connectivity index (χ2v) is 7.79. The smallest absolute Gasteiger partial charge is 0.320 e. The van der Waals surface area contributed by atoms with Crippen LogP contribution in [0.4, 0.5) is 0 Å². The van der Waals surface area contributed by atoms with Gasteiger partial charge in [0.15, 0.2) is 0 Å². The lowest BCUT2D eigenvalue weighted by molar-refractivity contribution is -0.142. The molecule has 2 aromatic rings. The highest BCUT2D eigenvalue weighted by Gasteiger charge is 2.45. The minimum atomic E-state index is -0.643. The van der Waals surface area contributed by atoms with E-state index in [1.165, 1.54) is 40.6 Å². The fourth-order valence-corrected chi connectivity index (χ4v) is 5.39. The van der Waals surface area contributed by atoms with Crippen LogP contribution >= 0.6 is 11.3 Å². The van der Waals surface area contributed by atoms with Gasteiger partial charge in [0.1, 0.15) is 6.04 Å². The van der Waals surface area contributed by atoms with Crippen molar-refractivity contribution in [1.82, 2.24) is 4.90 Å². The first-order valence-electron chi connectivity index (χ1n) is 8.18. The fourth-order valence-electron chi connectivity index (χ4n) is 4.32. The largest absolute Gasteiger partial charge is 0.480 e. The molecular formula is C18H21NO2S. The Bertz CT molecular complexity index is 662. The molecule has 3 atom stereocenters. The number of benzene rings is 1. The first-order valence-corrected chi connectivity index (χ1v) is 9.00. The zero-order valence-corrected chi connectivity index (χ0v) is 13.4. The molecule has 0 spiro atoms. The van der Waals surface area contributed by atoms with Crippen LogP contribution in [0.5, 0.6) is 0 Å². The standard InChI is InChI=1S/C18H21NO2S/c20-18(21)16-10-12-5-1-3-7-15(12)19(16)11-14-9-13-6-2-4-8-17(13)22-14/h2,4,6,8-9,12,15-16H,1,3,5,7,10-11H2,(H,20,21). The summed E-state index contributed by atoms with van der Waals surface area (Å²) in [5, 5.41) is 10.9. The predicted octanol–water partition coefficient (Wildman–Crippen LogP) is 4.12. The summed E-state index contributed by atoms with van der Waals surface area (Å²) in [6.07, 6.45) is 5.72. The molecule has 1 saturated carbocycles. The summed E-state index contributed by atoms with van der Waals surface area (Å²) in [6.45, 7) is 0.789. The number of carboxylic acid groups (broad SMARTS) is 1. The van der Waals surface area contributed by atoms with Crippen LogP contribution < -0.4 is 0 Å². The van der Waals surface area contributed by atoms with Gasteiger partial charge in [-0.3, -0.25) is 9.69 Å². The summed E-state index contributed by atoms with van der Waals surface area (Å²) in [7, 11) is 0. The minimum Gasteiger partial charge on any atom is -0.480 e. The van der Waals surface area contributed by atoms with Crippen LogP contribution in [0.3, 0.4) is 0 Å². The van der Waals surface area contributed by atoms with Crippen molar-refractivity contribution in [2.45, 2.75) is 50.7 Å². The monoisotopic (exact) mass is 315 g/mol. The van der Waals surface area contributed by atoms with Gasteiger partial charge in [-0.1, -0.05) is 31.0 Å². The molecule has 1 saturated heterocycles. The third kappa shape index (κ3) is 2.44. The number of nitrogens with zero attached hydrogens (tertiary/aromatic N) is 1. The fraction of sp³-hybridized carbons (Fsp3) is 0.500. The van der Waals surface area contributed by atoms with Crippen molar-refractivity contribution in [2.75, 3.05) is 0 Å².